The summed E-state index contributed by atoms with van der Waals surface area (Å²) < 4.78 is 23.6. The maximum atomic E-state index is 14.4. The van der Waals surface area contributed by atoms with Gasteiger partial charge in [-0.2, -0.15) is 0 Å². The predicted octanol–water partition coefficient (Wildman–Crippen LogP) is 8.25. The summed E-state index contributed by atoms with van der Waals surface area (Å²) in [4.78, 5) is 46.1. The molecule has 348 valence electrons. The summed E-state index contributed by atoms with van der Waals surface area (Å²) in [5.41, 5.74) is -0.533. The van der Waals surface area contributed by atoms with Gasteiger partial charge in [0.2, 0.25) is 0 Å². The van der Waals surface area contributed by atoms with Crippen molar-refractivity contribution in [2.45, 2.75) is 144 Å². The van der Waals surface area contributed by atoms with E-state index in [0.717, 1.165) is 31.9 Å². The molecule has 0 aliphatic carbocycles. The van der Waals surface area contributed by atoms with Crippen molar-refractivity contribution in [3.8, 4) is 23.0 Å². The highest BCUT2D eigenvalue weighted by Gasteiger charge is 2.50. The number of hydrogen-bond acceptors (Lipinski definition) is 14. The first-order valence-electron chi connectivity index (χ1n) is 22.1. The number of phenolic OH excluding ortho intramolecular Hbond substituents is 3. The van der Waals surface area contributed by atoms with Gasteiger partial charge in [-0.3, -0.25) is 14.4 Å². The van der Waals surface area contributed by atoms with Gasteiger partial charge in [-0.15, -0.1) is 0 Å². The number of phenols is 3. The van der Waals surface area contributed by atoms with Crippen molar-refractivity contribution in [3.63, 3.8) is 0 Å². The number of benzene rings is 2. The number of amides is 1. The number of hydrogen-bond donors (Lipinski definition) is 6. The van der Waals surface area contributed by atoms with E-state index in [4.69, 9.17) is 23.8 Å². The molecule has 15 heteroatoms. The number of aliphatic hydroxyl groups is 2. The van der Waals surface area contributed by atoms with Crippen LogP contribution in [0.1, 0.15) is 128 Å². The van der Waals surface area contributed by atoms with Gasteiger partial charge in [-0.25, -0.2) is 0 Å². The Morgan fingerprint density at radius 1 is 0.889 bits per heavy atom. The lowest BCUT2D eigenvalue weighted by Crippen LogP contribution is -2.46. The number of carbonyl (C=O) groups excluding carboxylic acids is 3. The number of methoxy groups -OCH3 is 1. The lowest BCUT2D eigenvalue weighted by Gasteiger charge is -2.38. The first-order valence-corrected chi connectivity index (χ1v) is 22.1. The number of allylic oxidation sites excluding steroid dienone is 2. The number of Topliss-reactive ketones (excluding diaryl/α,β-unsaturated/α-hetero) is 1. The highest BCUT2D eigenvalue weighted by atomic mass is 16.7. The molecule has 9 atom stereocenters. The van der Waals surface area contributed by atoms with Gasteiger partial charge in [-0.05, 0) is 32.8 Å². The van der Waals surface area contributed by atoms with E-state index in [-0.39, 0.29) is 51.1 Å². The smallest absolute Gasteiger partial charge is 0.312 e. The van der Waals surface area contributed by atoms with Gasteiger partial charge in [0.1, 0.15) is 30.0 Å². The van der Waals surface area contributed by atoms with Crippen LogP contribution < -0.4 is 10.1 Å². The Hall–Kier alpha value is -5.12. The molecule has 3 heterocycles. The van der Waals surface area contributed by atoms with E-state index in [2.05, 4.69) is 17.4 Å². The van der Waals surface area contributed by atoms with Crippen LogP contribution in [0, 0.1) is 30.6 Å². The number of nitrogens with zero attached hydrogens (tertiary/aromatic N) is 1. The molecule has 0 unspecified atom stereocenters. The quantitative estimate of drug-likeness (QED) is 0.0279. The summed E-state index contributed by atoms with van der Waals surface area (Å²) in [7, 11) is 1.43. The normalized spacial score (nSPS) is 28.9. The van der Waals surface area contributed by atoms with E-state index in [1.54, 1.807) is 39.8 Å². The van der Waals surface area contributed by atoms with Crippen LogP contribution in [-0.4, -0.2) is 93.3 Å². The molecule has 0 spiro atoms. The first kappa shape index (κ1) is 50.5. The maximum absolute atomic E-state index is 14.4. The fraction of sp³-hybridized carbons (Fsp3) is 0.583. The van der Waals surface area contributed by atoms with Gasteiger partial charge in [-0.1, -0.05) is 96.5 Å². The molecule has 3 aliphatic rings. The van der Waals surface area contributed by atoms with Crippen LogP contribution in [0.3, 0.4) is 0 Å². The number of rotatable bonds is 13. The third-order valence-corrected chi connectivity index (χ3v) is 12.4. The van der Waals surface area contributed by atoms with Crippen molar-refractivity contribution < 1.29 is 63.7 Å². The number of nitrogens with one attached hydrogen (secondary N) is 1. The van der Waals surface area contributed by atoms with Crippen LogP contribution in [0.4, 0.5) is 5.69 Å². The third-order valence-electron chi connectivity index (χ3n) is 12.4. The molecular weight excluding hydrogens is 813 g/mol. The molecule has 63 heavy (non-hydrogen) atoms. The third kappa shape index (κ3) is 11.5. The van der Waals surface area contributed by atoms with Crippen LogP contribution in [0.5, 0.6) is 23.0 Å². The van der Waals surface area contributed by atoms with Gasteiger partial charge < -0.3 is 54.6 Å². The van der Waals surface area contributed by atoms with Crippen LogP contribution >= 0.6 is 0 Å². The fourth-order valence-electron chi connectivity index (χ4n) is 8.32. The Balaban J connectivity index is 1.85. The summed E-state index contributed by atoms with van der Waals surface area (Å²) in [6, 6.07) is 0. The number of fused-ring (bicyclic) bond motifs is 14. The van der Waals surface area contributed by atoms with Crippen LogP contribution in [-0.2, 0) is 28.6 Å². The predicted molar refractivity (Wildman–Crippen MR) is 240 cm³/mol. The van der Waals surface area contributed by atoms with Crippen molar-refractivity contribution in [2.75, 3.05) is 19.0 Å². The average molecular weight is 881 g/mol. The Kier molecular flexibility index (Phi) is 18.0. The number of oxime groups is 1. The SMILES string of the molecule is CCCCCCCCCCON=Cc1c2c(O)c3c(O)c(C)c4c(c3c1O)C(=O)[C@@](C)(O/C=C\[C@H](OC)[C@@H](C)[C@@H](OC(C)=O)[C@H](C)[C@H](O)[C@H](C)[C@@H](O)[C@@H](C)/C=C\C=C(\C)C(=O)N2)O4. The highest BCUT2D eigenvalue weighted by Crippen LogP contribution is 2.55. The molecule has 15 nitrogen and oxygen atoms in total. The van der Waals surface area contributed by atoms with E-state index in [1.807, 2.05) is 0 Å². The van der Waals surface area contributed by atoms with Crippen molar-refractivity contribution in [1.29, 1.82) is 0 Å². The van der Waals surface area contributed by atoms with E-state index in [1.165, 1.54) is 78.9 Å². The monoisotopic (exact) mass is 880 g/mol. The Morgan fingerprint density at radius 2 is 1.54 bits per heavy atom. The second kappa shape index (κ2) is 22.5. The minimum absolute atomic E-state index is 0.0432. The minimum atomic E-state index is -2.06. The summed E-state index contributed by atoms with van der Waals surface area (Å²) in [6.07, 6.45) is 13.3. The molecule has 1 amide bonds. The lowest BCUT2D eigenvalue weighted by molar-refractivity contribution is -0.160. The molecular formula is C48H68N2O13. The first-order chi connectivity index (χ1) is 29.8. The summed E-state index contributed by atoms with van der Waals surface area (Å²) in [5, 5.41) is 64.5. The molecule has 2 aromatic rings. The number of ether oxygens (including phenoxy) is 4. The van der Waals surface area contributed by atoms with Gasteiger partial charge in [0.05, 0.1) is 53.0 Å². The summed E-state index contributed by atoms with van der Waals surface area (Å²) in [5.74, 6) is -8.54. The molecule has 0 saturated carbocycles. The van der Waals surface area contributed by atoms with Gasteiger partial charge in [0.15, 0.2) is 5.75 Å². The second-order valence-electron chi connectivity index (χ2n) is 17.2. The van der Waals surface area contributed by atoms with E-state index in [9.17, 15) is 39.9 Å². The van der Waals surface area contributed by atoms with Gasteiger partial charge in [0, 0.05) is 61.2 Å². The van der Waals surface area contributed by atoms with Crippen molar-refractivity contribution in [1.82, 2.24) is 0 Å². The average Bonchev–Trinajstić information content (AvgIpc) is 3.51. The van der Waals surface area contributed by atoms with Gasteiger partial charge in [0.25, 0.3) is 11.7 Å². The van der Waals surface area contributed by atoms with Crippen LogP contribution in [0.25, 0.3) is 10.8 Å². The molecule has 6 N–H and O–H groups in total. The summed E-state index contributed by atoms with van der Waals surface area (Å²) in [6.45, 7) is 14.9. The summed E-state index contributed by atoms with van der Waals surface area (Å²) >= 11 is 0. The van der Waals surface area contributed by atoms with E-state index < -0.39 is 88.8 Å². The highest BCUT2D eigenvalue weighted by molar-refractivity contribution is 6.23. The van der Waals surface area contributed by atoms with Gasteiger partial charge >= 0.3 is 11.8 Å². The van der Waals surface area contributed by atoms with E-state index in [0.29, 0.717) is 0 Å². The number of anilines is 1. The Morgan fingerprint density at radius 3 is 2.17 bits per heavy atom. The zero-order valence-electron chi connectivity index (χ0n) is 38.4. The molecule has 0 aromatic heterocycles. The largest absolute Gasteiger partial charge is 0.507 e. The minimum Gasteiger partial charge on any atom is -0.507 e. The molecule has 0 fully saturated rings. The number of ketones is 1. The number of unbranched alkanes of at least 4 members (excludes halogenated alkanes) is 7. The Labute approximate surface area is 370 Å². The molecule has 5 bridgehead atoms. The van der Waals surface area contributed by atoms with Crippen molar-refractivity contribution in [2.24, 2.45) is 28.8 Å². The fourth-order valence-corrected chi connectivity index (χ4v) is 8.32. The molecule has 5 rings (SSSR count). The number of aromatic hydroxyl groups is 3. The topological polar surface area (TPSA) is 223 Å². The number of esters is 1. The lowest BCUT2D eigenvalue weighted by atomic mass is 9.78. The second-order valence-corrected chi connectivity index (χ2v) is 17.2. The van der Waals surface area contributed by atoms with Crippen molar-refractivity contribution >= 4 is 40.3 Å². The molecule has 0 radical (unpaired) electrons. The molecule has 0 saturated heterocycles. The van der Waals surface area contributed by atoms with E-state index >= 15 is 0 Å². The number of carbonyl (C=O) groups is 3. The standard InChI is InChI=1S/C48H68N2O13/c1-11-12-13-14-15-16-17-18-23-61-49-25-33-38-43(56)36-35(42(33)55)37-45(31(7)41(36)54)63-48(9,46(37)57)60-24-22-34(59-10)28(4)44(62-32(8)51)30(6)40(53)29(5)39(52)26(2)20-19-21-27(3)47(58)50-38/h19-22,24-26,28-30,34,39-40,44,52-56H,11-18,23H2,1-10H3,(H,50,58)/b20-19-,24-22-,27-21-,49-25?/t26-,28+,29+,30+,34-,39-,40+,44+,48-/m0/s1. The molecule has 2 aromatic carbocycles. The Bertz CT molecular complexity index is 2080. The van der Waals surface area contributed by atoms with Crippen molar-refractivity contribution in [3.05, 3.63) is 52.8 Å². The zero-order valence-corrected chi connectivity index (χ0v) is 38.4. The maximum Gasteiger partial charge on any atom is 0.312 e. The zero-order chi connectivity index (χ0) is 46.8. The van der Waals surface area contributed by atoms with Crippen LogP contribution in [0.15, 0.2) is 41.3 Å². The number of aliphatic hydroxyl groups excluding tert-OH is 2. The molecule has 3 aliphatic heterocycles. The van der Waals surface area contributed by atoms with Crippen LogP contribution in [0.2, 0.25) is 0 Å².